The van der Waals surface area contributed by atoms with Gasteiger partial charge in [-0.1, -0.05) is 37.8 Å². The number of Topliss-reactive ketones (excluding diaryl/α,β-unsaturated/α-hetero) is 1. The van der Waals surface area contributed by atoms with Crippen LogP contribution in [0.15, 0.2) is 30.3 Å². The van der Waals surface area contributed by atoms with Crippen LogP contribution in [0.4, 0.5) is 0 Å². The molecule has 0 fully saturated rings. The van der Waals surface area contributed by atoms with E-state index in [0.717, 1.165) is 5.56 Å². The minimum absolute atomic E-state index is 0. The zero-order chi connectivity index (χ0) is 8.97. The molecule has 0 saturated heterocycles. The van der Waals surface area contributed by atoms with Crippen LogP contribution in [0.1, 0.15) is 19.9 Å². The lowest BCUT2D eigenvalue weighted by Gasteiger charge is -2.06. The van der Waals surface area contributed by atoms with Gasteiger partial charge in [-0.2, -0.15) is 0 Å². The Labute approximate surface area is 79.8 Å². The summed E-state index contributed by atoms with van der Waals surface area (Å²) in [5.41, 5.74) is 6.71. The molecule has 1 aromatic carbocycles. The average molecular weight is 179 g/mol. The van der Waals surface area contributed by atoms with Gasteiger partial charge in [-0.05, 0) is 18.9 Å². The molecule has 0 aliphatic heterocycles. The molecule has 1 atom stereocenters. The Morgan fingerprint density at radius 1 is 1.38 bits per heavy atom. The van der Waals surface area contributed by atoms with E-state index in [1.807, 2.05) is 30.3 Å². The number of benzene rings is 1. The minimum Gasteiger partial charge on any atom is -0.321 e. The summed E-state index contributed by atoms with van der Waals surface area (Å²) in [7, 11) is 0. The van der Waals surface area contributed by atoms with Crippen molar-refractivity contribution < 1.29 is 4.79 Å². The van der Waals surface area contributed by atoms with E-state index in [2.05, 4.69) is 0 Å². The Morgan fingerprint density at radius 2 is 1.92 bits per heavy atom. The lowest BCUT2D eigenvalue weighted by Crippen LogP contribution is -2.30. The highest BCUT2D eigenvalue weighted by atomic mass is 16.1. The molecule has 0 saturated carbocycles. The predicted molar refractivity (Wildman–Crippen MR) is 55.5 cm³/mol. The molecule has 0 aromatic heterocycles. The Balaban J connectivity index is 0.00000144. The Morgan fingerprint density at radius 3 is 2.38 bits per heavy atom. The third-order valence-corrected chi connectivity index (χ3v) is 1.82. The molecule has 0 radical (unpaired) electrons. The summed E-state index contributed by atoms with van der Waals surface area (Å²) in [5.74, 6) is 0.0406. The number of hydrogen-bond acceptors (Lipinski definition) is 2. The number of rotatable bonds is 3. The van der Waals surface area contributed by atoms with Crippen molar-refractivity contribution in [2.75, 3.05) is 0 Å². The van der Waals surface area contributed by atoms with Crippen LogP contribution in [0, 0.1) is 0 Å². The Kier molecular flexibility index (Phi) is 5.00. The van der Waals surface area contributed by atoms with Gasteiger partial charge >= 0.3 is 0 Å². The molecule has 0 spiro atoms. The van der Waals surface area contributed by atoms with E-state index >= 15 is 0 Å². The topological polar surface area (TPSA) is 43.1 Å². The van der Waals surface area contributed by atoms with Crippen LogP contribution in [0.3, 0.4) is 0 Å². The van der Waals surface area contributed by atoms with Crippen LogP contribution in [0.25, 0.3) is 0 Å². The first kappa shape index (κ1) is 11.8. The molecule has 1 aromatic rings. The third kappa shape index (κ3) is 3.85. The second-order valence-corrected chi connectivity index (χ2v) is 2.91. The minimum atomic E-state index is -0.354. The van der Waals surface area contributed by atoms with Crippen molar-refractivity contribution in [3.63, 3.8) is 0 Å². The molecule has 1 unspecified atom stereocenters. The van der Waals surface area contributed by atoms with Gasteiger partial charge in [0.25, 0.3) is 0 Å². The first-order valence-corrected chi connectivity index (χ1v) is 4.00. The average Bonchev–Trinajstić information content (AvgIpc) is 2.06. The van der Waals surface area contributed by atoms with Crippen molar-refractivity contribution in [3.05, 3.63) is 35.9 Å². The summed E-state index contributed by atoms with van der Waals surface area (Å²) in [5, 5.41) is 0. The van der Waals surface area contributed by atoms with Gasteiger partial charge < -0.3 is 5.73 Å². The largest absolute Gasteiger partial charge is 0.321 e. The van der Waals surface area contributed by atoms with Crippen LogP contribution in [0.2, 0.25) is 0 Å². The van der Waals surface area contributed by atoms with Crippen molar-refractivity contribution in [3.8, 4) is 0 Å². The molecular weight excluding hydrogens is 162 g/mol. The molecular formula is C11H17NO. The zero-order valence-corrected chi connectivity index (χ0v) is 7.16. The summed E-state index contributed by atoms with van der Waals surface area (Å²) in [6, 6.07) is 9.44. The number of ketones is 1. The van der Waals surface area contributed by atoms with Crippen molar-refractivity contribution >= 4 is 5.78 Å². The van der Waals surface area contributed by atoms with Crippen molar-refractivity contribution in [1.82, 2.24) is 0 Å². The highest BCUT2D eigenvalue weighted by Gasteiger charge is 2.07. The van der Waals surface area contributed by atoms with Crippen molar-refractivity contribution in [2.24, 2.45) is 5.73 Å². The molecule has 0 aliphatic rings. The van der Waals surface area contributed by atoms with Crippen LogP contribution in [-0.4, -0.2) is 11.8 Å². The van der Waals surface area contributed by atoms with Gasteiger partial charge in [0.2, 0.25) is 0 Å². The lowest BCUT2D eigenvalue weighted by molar-refractivity contribution is -0.118. The van der Waals surface area contributed by atoms with Gasteiger partial charge in [0, 0.05) is 0 Å². The van der Waals surface area contributed by atoms with Gasteiger partial charge in [0.1, 0.15) is 5.78 Å². The maximum absolute atomic E-state index is 10.8. The molecule has 0 aliphatic carbocycles. The van der Waals surface area contributed by atoms with Gasteiger partial charge in [0.15, 0.2) is 0 Å². The fraction of sp³-hybridized carbons (Fsp3) is 0.364. The molecule has 2 heteroatoms. The monoisotopic (exact) mass is 179 g/mol. The first-order chi connectivity index (χ1) is 5.70. The van der Waals surface area contributed by atoms with Crippen molar-refractivity contribution in [2.45, 2.75) is 26.8 Å². The van der Waals surface area contributed by atoms with Gasteiger partial charge in [-0.3, -0.25) is 4.79 Å². The second kappa shape index (κ2) is 5.49. The van der Waals surface area contributed by atoms with Gasteiger partial charge in [-0.25, -0.2) is 0 Å². The van der Waals surface area contributed by atoms with Crippen LogP contribution >= 0.6 is 0 Å². The van der Waals surface area contributed by atoms with E-state index in [0.29, 0.717) is 6.42 Å². The molecule has 2 N–H and O–H groups in total. The smallest absolute Gasteiger partial charge is 0.146 e. The summed E-state index contributed by atoms with van der Waals surface area (Å²) in [4.78, 5) is 10.8. The van der Waals surface area contributed by atoms with E-state index in [4.69, 9.17) is 5.73 Å². The number of nitrogens with two attached hydrogens (primary N) is 1. The quantitative estimate of drug-likeness (QED) is 0.768. The predicted octanol–water partition coefficient (Wildman–Crippen LogP) is 1.78. The molecule has 72 valence electrons. The number of carbonyl (C=O) groups excluding carboxylic acids is 1. The van der Waals surface area contributed by atoms with Crippen molar-refractivity contribution in [1.29, 1.82) is 0 Å². The van der Waals surface area contributed by atoms with Gasteiger partial charge in [-0.15, -0.1) is 0 Å². The summed E-state index contributed by atoms with van der Waals surface area (Å²) < 4.78 is 0. The highest BCUT2D eigenvalue weighted by molar-refractivity contribution is 5.81. The maximum atomic E-state index is 10.8. The Hall–Kier alpha value is -1.15. The second-order valence-electron chi connectivity index (χ2n) is 2.91. The molecule has 1 rings (SSSR count). The fourth-order valence-corrected chi connectivity index (χ4v) is 1.01. The van der Waals surface area contributed by atoms with E-state index in [1.54, 1.807) is 0 Å². The summed E-state index contributed by atoms with van der Waals surface area (Å²) in [6.07, 6.45) is 0.635. The van der Waals surface area contributed by atoms with Crippen LogP contribution in [0.5, 0.6) is 0 Å². The SMILES string of the molecule is C.CC(=O)C(N)Cc1ccccc1. The molecule has 2 nitrogen and oxygen atoms in total. The van der Waals surface area contributed by atoms with E-state index in [1.165, 1.54) is 6.92 Å². The first-order valence-electron chi connectivity index (χ1n) is 4.00. The molecule has 13 heavy (non-hydrogen) atoms. The third-order valence-electron chi connectivity index (χ3n) is 1.82. The zero-order valence-electron chi connectivity index (χ0n) is 7.16. The van der Waals surface area contributed by atoms with Crippen LogP contribution < -0.4 is 5.73 Å². The Bertz CT molecular complexity index is 256. The lowest BCUT2D eigenvalue weighted by atomic mass is 10.0. The summed E-state index contributed by atoms with van der Waals surface area (Å²) in [6.45, 7) is 1.52. The fourth-order valence-electron chi connectivity index (χ4n) is 1.01. The maximum Gasteiger partial charge on any atom is 0.146 e. The standard InChI is InChI=1S/C10H13NO.CH4/c1-8(12)10(11)7-9-5-3-2-4-6-9;/h2-6,10H,7,11H2,1H3;1H4. The van der Waals surface area contributed by atoms with E-state index < -0.39 is 0 Å². The molecule has 0 amide bonds. The molecule has 0 heterocycles. The van der Waals surface area contributed by atoms with E-state index in [9.17, 15) is 4.79 Å². The molecule has 0 bridgehead atoms. The highest BCUT2D eigenvalue weighted by Crippen LogP contribution is 2.01. The van der Waals surface area contributed by atoms with Crippen LogP contribution in [-0.2, 0) is 11.2 Å². The number of carbonyl (C=O) groups is 1. The normalized spacial score (nSPS) is 11.5. The summed E-state index contributed by atoms with van der Waals surface area (Å²) >= 11 is 0. The number of hydrogen-bond donors (Lipinski definition) is 1. The van der Waals surface area contributed by atoms with Gasteiger partial charge in [0.05, 0.1) is 6.04 Å². The van der Waals surface area contributed by atoms with E-state index in [-0.39, 0.29) is 19.3 Å².